The van der Waals surface area contributed by atoms with Gasteiger partial charge in [0, 0.05) is 36.5 Å². The van der Waals surface area contributed by atoms with Gasteiger partial charge >= 0.3 is 0 Å². The molecule has 0 saturated heterocycles. The standard InChI is InChI=1S/C20H28N4OS/c1-5-10-22-20(21-4)26-16(3)11-15(2)17-12-23-19(24-13-17)14-25-18-8-6-7-9-18/h5,11-13,18H,1,3,6-10,14H2,2,4H3,(H,21,22)/b15-11+. The zero-order chi connectivity index (χ0) is 18.8. The molecule has 5 nitrogen and oxygen atoms in total. The highest BCUT2D eigenvalue weighted by Gasteiger charge is 2.15. The van der Waals surface area contributed by atoms with Gasteiger partial charge in [-0.25, -0.2) is 9.97 Å². The molecule has 0 radical (unpaired) electrons. The van der Waals surface area contributed by atoms with E-state index in [1.165, 1.54) is 24.6 Å². The minimum Gasteiger partial charge on any atom is -0.370 e. The highest BCUT2D eigenvalue weighted by atomic mass is 32.2. The van der Waals surface area contributed by atoms with Gasteiger partial charge in [-0.2, -0.15) is 0 Å². The smallest absolute Gasteiger partial charge is 0.161 e. The zero-order valence-electron chi connectivity index (χ0n) is 15.7. The summed E-state index contributed by atoms with van der Waals surface area (Å²) in [5, 5.41) is 3.99. The predicted molar refractivity (Wildman–Crippen MR) is 111 cm³/mol. The first-order chi connectivity index (χ1) is 12.6. The molecule has 1 fully saturated rings. The minimum absolute atomic E-state index is 0.379. The number of hydrogen-bond acceptors (Lipinski definition) is 5. The Morgan fingerprint density at radius 1 is 1.38 bits per heavy atom. The Bertz CT molecular complexity index is 661. The first-order valence-corrected chi connectivity index (χ1v) is 9.73. The second-order valence-corrected chi connectivity index (χ2v) is 7.31. The molecular weight excluding hydrogens is 344 g/mol. The lowest BCUT2D eigenvalue weighted by Gasteiger charge is -2.10. The molecule has 1 N–H and O–H groups in total. The minimum atomic E-state index is 0.379. The number of thioether (sulfide) groups is 1. The first-order valence-electron chi connectivity index (χ1n) is 8.92. The third-order valence-electron chi connectivity index (χ3n) is 4.12. The molecule has 0 spiro atoms. The molecule has 0 aromatic carbocycles. The fourth-order valence-electron chi connectivity index (χ4n) is 2.68. The normalized spacial score (nSPS) is 15.9. The first kappa shape index (κ1) is 20.4. The average molecular weight is 373 g/mol. The van der Waals surface area contributed by atoms with E-state index >= 15 is 0 Å². The maximum atomic E-state index is 5.86. The Morgan fingerprint density at radius 2 is 2.08 bits per heavy atom. The summed E-state index contributed by atoms with van der Waals surface area (Å²) in [5.74, 6) is 0.732. The molecule has 1 aromatic heterocycles. The van der Waals surface area contributed by atoms with Crippen molar-refractivity contribution < 1.29 is 4.74 Å². The number of hydrogen-bond donors (Lipinski definition) is 1. The second kappa shape index (κ2) is 10.9. The largest absolute Gasteiger partial charge is 0.370 e. The van der Waals surface area contributed by atoms with Crippen LogP contribution in [0.4, 0.5) is 0 Å². The van der Waals surface area contributed by atoms with Crippen molar-refractivity contribution in [3.63, 3.8) is 0 Å². The van der Waals surface area contributed by atoms with E-state index in [2.05, 4.69) is 33.4 Å². The van der Waals surface area contributed by atoms with E-state index < -0.39 is 0 Å². The molecule has 1 aliphatic carbocycles. The van der Waals surface area contributed by atoms with Gasteiger partial charge in [0.15, 0.2) is 11.0 Å². The lowest BCUT2D eigenvalue weighted by atomic mass is 10.1. The molecule has 0 unspecified atom stereocenters. The van der Waals surface area contributed by atoms with Crippen LogP contribution in [0.15, 0.2) is 47.6 Å². The zero-order valence-corrected chi connectivity index (χ0v) is 16.5. The summed E-state index contributed by atoms with van der Waals surface area (Å²) >= 11 is 1.49. The molecule has 1 heterocycles. The summed E-state index contributed by atoms with van der Waals surface area (Å²) in [5.41, 5.74) is 2.04. The van der Waals surface area contributed by atoms with Gasteiger partial charge in [0.05, 0.1) is 6.10 Å². The SMILES string of the molecule is C=CCNC(=NC)SC(=C)/C=C(\C)c1cnc(COC2CCCC2)nc1. The molecule has 26 heavy (non-hydrogen) atoms. The molecule has 0 aliphatic heterocycles. The van der Waals surface area contributed by atoms with E-state index in [4.69, 9.17) is 4.74 Å². The quantitative estimate of drug-likeness (QED) is 0.318. The number of rotatable bonds is 8. The van der Waals surface area contributed by atoms with E-state index in [0.29, 0.717) is 19.3 Å². The van der Waals surface area contributed by atoms with Crippen LogP contribution in [0, 0.1) is 0 Å². The van der Waals surface area contributed by atoms with Crippen molar-refractivity contribution in [3.05, 3.63) is 54.0 Å². The molecule has 0 atom stereocenters. The molecule has 1 saturated carbocycles. The number of amidine groups is 1. The average Bonchev–Trinajstić information content (AvgIpc) is 3.17. The number of ether oxygens (including phenoxy) is 1. The fraction of sp³-hybridized carbons (Fsp3) is 0.450. The van der Waals surface area contributed by atoms with E-state index in [-0.39, 0.29) is 0 Å². The molecule has 1 aliphatic rings. The Labute approximate surface area is 160 Å². The number of nitrogens with one attached hydrogen (secondary N) is 1. The van der Waals surface area contributed by atoms with Crippen molar-refractivity contribution in [1.82, 2.24) is 15.3 Å². The van der Waals surface area contributed by atoms with Gasteiger partial charge in [0.2, 0.25) is 0 Å². The van der Waals surface area contributed by atoms with Gasteiger partial charge in [-0.3, -0.25) is 4.99 Å². The van der Waals surface area contributed by atoms with Crippen molar-refractivity contribution >= 4 is 22.5 Å². The van der Waals surface area contributed by atoms with Crippen LogP contribution in [0.2, 0.25) is 0 Å². The van der Waals surface area contributed by atoms with Crippen LogP contribution in [-0.2, 0) is 11.3 Å². The summed E-state index contributed by atoms with van der Waals surface area (Å²) < 4.78 is 5.86. The number of aliphatic imine (C=N–C) groups is 1. The van der Waals surface area contributed by atoms with Crippen LogP contribution >= 0.6 is 11.8 Å². The van der Waals surface area contributed by atoms with Crippen LogP contribution in [0.3, 0.4) is 0 Å². The fourth-order valence-corrected chi connectivity index (χ4v) is 3.41. The highest BCUT2D eigenvalue weighted by molar-refractivity contribution is 8.17. The maximum Gasteiger partial charge on any atom is 0.161 e. The van der Waals surface area contributed by atoms with E-state index in [0.717, 1.165) is 39.9 Å². The van der Waals surface area contributed by atoms with Crippen molar-refractivity contribution in [1.29, 1.82) is 0 Å². The van der Waals surface area contributed by atoms with Crippen molar-refractivity contribution in [2.75, 3.05) is 13.6 Å². The summed E-state index contributed by atoms with van der Waals surface area (Å²) in [6.45, 7) is 11.0. The van der Waals surface area contributed by atoms with Gasteiger partial charge in [-0.1, -0.05) is 37.3 Å². The van der Waals surface area contributed by atoms with Gasteiger partial charge in [-0.15, -0.1) is 6.58 Å². The van der Waals surface area contributed by atoms with Crippen LogP contribution in [0.25, 0.3) is 5.57 Å². The molecule has 1 aromatic rings. The Morgan fingerprint density at radius 3 is 2.69 bits per heavy atom. The lowest BCUT2D eigenvalue weighted by Crippen LogP contribution is -2.20. The van der Waals surface area contributed by atoms with Crippen LogP contribution < -0.4 is 5.32 Å². The lowest BCUT2D eigenvalue weighted by molar-refractivity contribution is 0.0417. The molecular formula is C20H28N4OS. The van der Waals surface area contributed by atoms with Crippen molar-refractivity contribution in [2.24, 2.45) is 4.99 Å². The van der Waals surface area contributed by atoms with Crippen molar-refractivity contribution in [2.45, 2.75) is 45.3 Å². The van der Waals surface area contributed by atoms with Gasteiger partial charge in [0.25, 0.3) is 0 Å². The second-order valence-electron chi connectivity index (χ2n) is 6.20. The predicted octanol–water partition coefficient (Wildman–Crippen LogP) is 4.35. The molecule has 0 bridgehead atoms. The Kier molecular flexibility index (Phi) is 8.58. The van der Waals surface area contributed by atoms with Gasteiger partial charge < -0.3 is 10.1 Å². The summed E-state index contributed by atoms with van der Waals surface area (Å²) in [6, 6.07) is 0. The number of allylic oxidation sites excluding steroid dienone is 2. The van der Waals surface area contributed by atoms with E-state index in [9.17, 15) is 0 Å². The third kappa shape index (κ3) is 6.77. The van der Waals surface area contributed by atoms with Gasteiger partial charge in [0.1, 0.15) is 6.61 Å². The van der Waals surface area contributed by atoms with E-state index in [1.807, 2.05) is 25.4 Å². The summed E-state index contributed by atoms with van der Waals surface area (Å²) in [6.07, 6.45) is 12.7. The topological polar surface area (TPSA) is 59.4 Å². The molecule has 6 heteroatoms. The highest BCUT2D eigenvalue weighted by Crippen LogP contribution is 2.23. The summed E-state index contributed by atoms with van der Waals surface area (Å²) in [7, 11) is 1.75. The van der Waals surface area contributed by atoms with Crippen LogP contribution in [-0.4, -0.2) is 34.8 Å². The van der Waals surface area contributed by atoms with Crippen LogP contribution in [0.1, 0.15) is 44.0 Å². The molecule has 0 amide bonds. The number of nitrogens with zero attached hydrogens (tertiary/aromatic N) is 3. The van der Waals surface area contributed by atoms with Crippen LogP contribution in [0.5, 0.6) is 0 Å². The Balaban J connectivity index is 1.88. The van der Waals surface area contributed by atoms with Crippen molar-refractivity contribution in [3.8, 4) is 0 Å². The maximum absolute atomic E-state index is 5.86. The van der Waals surface area contributed by atoms with Gasteiger partial charge in [-0.05, 0) is 31.4 Å². The molecule has 2 rings (SSSR count). The third-order valence-corrected chi connectivity index (χ3v) is 5.02. The number of aromatic nitrogens is 2. The monoisotopic (exact) mass is 372 g/mol. The summed E-state index contributed by atoms with van der Waals surface area (Å²) in [4.78, 5) is 13.9. The Hall–Kier alpha value is -1.92. The molecule has 140 valence electrons. The van der Waals surface area contributed by atoms with E-state index in [1.54, 1.807) is 13.1 Å².